The van der Waals surface area contributed by atoms with Crippen LogP contribution in [-0.4, -0.2) is 55.7 Å². The van der Waals surface area contributed by atoms with E-state index in [1.54, 1.807) is 12.1 Å². The maximum atomic E-state index is 14.0. The molecule has 1 aliphatic rings. The summed E-state index contributed by atoms with van der Waals surface area (Å²) < 4.78 is 15.5. The molecule has 1 fully saturated rings. The van der Waals surface area contributed by atoms with E-state index in [1.165, 1.54) is 33.8 Å². The molecule has 0 spiro atoms. The summed E-state index contributed by atoms with van der Waals surface area (Å²) in [6.45, 7) is 4.37. The topological polar surface area (TPSA) is 56.9 Å². The second-order valence-corrected chi connectivity index (χ2v) is 8.51. The molecule has 154 valence electrons. The van der Waals surface area contributed by atoms with Crippen LogP contribution in [0, 0.1) is 5.82 Å². The van der Waals surface area contributed by atoms with Gasteiger partial charge in [-0.1, -0.05) is 53.8 Å². The van der Waals surface area contributed by atoms with Crippen molar-refractivity contribution in [3.05, 3.63) is 82.7 Å². The van der Waals surface area contributed by atoms with E-state index in [4.69, 9.17) is 0 Å². The van der Waals surface area contributed by atoms with E-state index in [1.807, 2.05) is 12.1 Å². The number of hydrogen-bond acceptors (Lipinski definition) is 6. The molecule has 1 aliphatic heterocycles. The molecule has 0 unspecified atom stereocenters. The number of benzene rings is 2. The van der Waals surface area contributed by atoms with Crippen LogP contribution < -0.4 is 0 Å². The summed E-state index contributed by atoms with van der Waals surface area (Å²) in [5, 5.41) is 14.9. The lowest BCUT2D eigenvalue weighted by atomic mass is 10.0. The molecule has 1 atom stereocenters. The first kappa shape index (κ1) is 19.2. The van der Waals surface area contributed by atoms with Gasteiger partial charge in [-0.25, -0.2) is 9.37 Å². The lowest BCUT2D eigenvalue weighted by Crippen LogP contribution is -2.47. The fourth-order valence-corrected chi connectivity index (χ4v) is 5.19. The zero-order valence-corrected chi connectivity index (χ0v) is 17.2. The fraction of sp³-hybridized carbons (Fsp3) is 0.273. The second-order valence-electron chi connectivity index (χ2n) is 7.50. The Morgan fingerprint density at radius 2 is 1.83 bits per heavy atom. The first-order chi connectivity index (χ1) is 14.7. The van der Waals surface area contributed by atoms with Crippen molar-refractivity contribution in [1.29, 1.82) is 0 Å². The van der Waals surface area contributed by atoms with Gasteiger partial charge in [0.1, 0.15) is 12.1 Å². The van der Waals surface area contributed by atoms with Gasteiger partial charge >= 0.3 is 0 Å². The Morgan fingerprint density at radius 1 is 1.03 bits per heavy atom. The minimum Gasteiger partial charge on any atom is -0.492 e. The third-order valence-corrected chi connectivity index (χ3v) is 6.66. The number of fused-ring (bicyclic) bond motifs is 1. The van der Waals surface area contributed by atoms with Crippen molar-refractivity contribution in [3.63, 3.8) is 0 Å². The lowest BCUT2D eigenvalue weighted by molar-refractivity contribution is 0.105. The van der Waals surface area contributed by atoms with Crippen LogP contribution in [0.4, 0.5) is 4.39 Å². The van der Waals surface area contributed by atoms with Gasteiger partial charge in [0.25, 0.3) is 0 Å². The minimum absolute atomic E-state index is 0.0773. The number of hydrogen-bond donors (Lipinski definition) is 1. The van der Waals surface area contributed by atoms with Crippen LogP contribution in [-0.2, 0) is 6.54 Å². The van der Waals surface area contributed by atoms with Gasteiger partial charge in [-0.05, 0) is 23.3 Å². The third kappa shape index (κ3) is 3.69. The molecule has 1 saturated heterocycles. The number of aromatic nitrogens is 3. The van der Waals surface area contributed by atoms with Gasteiger partial charge in [0, 0.05) is 32.7 Å². The molecule has 8 heteroatoms. The SMILES string of the molecule is Oc1c([C@@H](c2cccc(F)c2)N2CCN(Cc3ccccc3)CC2)sc2ncnn12. The Labute approximate surface area is 177 Å². The highest BCUT2D eigenvalue weighted by Crippen LogP contribution is 2.40. The first-order valence-electron chi connectivity index (χ1n) is 9.96. The van der Waals surface area contributed by atoms with Crippen molar-refractivity contribution in [2.45, 2.75) is 12.6 Å². The highest BCUT2D eigenvalue weighted by atomic mass is 32.1. The molecule has 0 radical (unpaired) electrons. The average Bonchev–Trinajstić information content (AvgIpc) is 3.34. The Balaban J connectivity index is 1.41. The highest BCUT2D eigenvalue weighted by molar-refractivity contribution is 7.17. The maximum Gasteiger partial charge on any atom is 0.230 e. The van der Waals surface area contributed by atoms with Crippen molar-refractivity contribution < 1.29 is 9.50 Å². The Hall–Kier alpha value is -2.81. The molecule has 4 aromatic rings. The molecule has 6 nitrogen and oxygen atoms in total. The predicted octanol–water partition coefficient (Wildman–Crippen LogP) is 3.54. The van der Waals surface area contributed by atoms with Crippen molar-refractivity contribution >= 4 is 16.3 Å². The fourth-order valence-electron chi connectivity index (χ4n) is 4.10. The van der Waals surface area contributed by atoms with Crippen LogP contribution in [0.15, 0.2) is 60.9 Å². The second kappa shape index (κ2) is 8.14. The molecule has 0 saturated carbocycles. The van der Waals surface area contributed by atoms with Gasteiger partial charge in [-0.2, -0.15) is 9.61 Å². The molecule has 0 amide bonds. The number of rotatable bonds is 5. The largest absolute Gasteiger partial charge is 0.492 e. The molecule has 30 heavy (non-hydrogen) atoms. The molecule has 2 aromatic carbocycles. The predicted molar refractivity (Wildman–Crippen MR) is 114 cm³/mol. The van der Waals surface area contributed by atoms with Crippen LogP contribution in [0.1, 0.15) is 22.0 Å². The maximum absolute atomic E-state index is 14.0. The van der Waals surface area contributed by atoms with E-state index in [0.717, 1.165) is 43.2 Å². The number of nitrogens with zero attached hydrogens (tertiary/aromatic N) is 5. The summed E-state index contributed by atoms with van der Waals surface area (Å²) >= 11 is 1.40. The number of aromatic hydroxyl groups is 1. The smallest absolute Gasteiger partial charge is 0.230 e. The zero-order chi connectivity index (χ0) is 20.5. The average molecular weight is 424 g/mol. The minimum atomic E-state index is -0.279. The quantitative estimate of drug-likeness (QED) is 0.532. The van der Waals surface area contributed by atoms with E-state index in [9.17, 15) is 9.50 Å². The normalized spacial score (nSPS) is 16.8. The van der Waals surface area contributed by atoms with Crippen LogP contribution in [0.5, 0.6) is 5.88 Å². The van der Waals surface area contributed by atoms with Crippen LogP contribution in [0.2, 0.25) is 0 Å². The van der Waals surface area contributed by atoms with Gasteiger partial charge in [0.05, 0.1) is 10.9 Å². The first-order valence-corrected chi connectivity index (χ1v) is 10.8. The van der Waals surface area contributed by atoms with Gasteiger partial charge in [-0.15, -0.1) is 0 Å². The van der Waals surface area contributed by atoms with E-state index in [2.05, 4.69) is 44.1 Å². The molecule has 0 bridgehead atoms. The number of piperazine rings is 1. The third-order valence-electron chi connectivity index (χ3n) is 5.57. The molecule has 3 heterocycles. The zero-order valence-electron chi connectivity index (χ0n) is 16.4. The Morgan fingerprint density at radius 3 is 2.57 bits per heavy atom. The van der Waals surface area contributed by atoms with Gasteiger partial charge in [-0.3, -0.25) is 9.80 Å². The van der Waals surface area contributed by atoms with Crippen LogP contribution in [0.3, 0.4) is 0 Å². The van der Waals surface area contributed by atoms with E-state index in [0.29, 0.717) is 4.96 Å². The summed E-state index contributed by atoms with van der Waals surface area (Å²) in [5.41, 5.74) is 2.13. The lowest BCUT2D eigenvalue weighted by Gasteiger charge is -2.39. The van der Waals surface area contributed by atoms with Crippen molar-refractivity contribution in [2.75, 3.05) is 26.2 Å². The van der Waals surface area contributed by atoms with E-state index >= 15 is 0 Å². The van der Waals surface area contributed by atoms with Crippen molar-refractivity contribution in [3.8, 4) is 5.88 Å². The molecule has 2 aromatic heterocycles. The molecule has 5 rings (SSSR count). The van der Waals surface area contributed by atoms with Gasteiger partial charge in [0.2, 0.25) is 10.8 Å². The molecule has 1 N–H and O–H groups in total. The van der Waals surface area contributed by atoms with E-state index in [-0.39, 0.29) is 17.7 Å². The highest BCUT2D eigenvalue weighted by Gasteiger charge is 2.31. The summed E-state index contributed by atoms with van der Waals surface area (Å²) in [4.78, 5) is 10.3. The van der Waals surface area contributed by atoms with Crippen LogP contribution >= 0.6 is 11.3 Å². The Bertz CT molecular complexity index is 1140. The summed E-state index contributed by atoms with van der Waals surface area (Å²) in [6.07, 6.45) is 1.43. The summed E-state index contributed by atoms with van der Waals surface area (Å²) in [7, 11) is 0. The molecular formula is C22H22FN5OS. The monoisotopic (exact) mass is 423 g/mol. The molecule has 0 aliphatic carbocycles. The summed E-state index contributed by atoms with van der Waals surface area (Å²) in [5.74, 6) is -0.201. The van der Waals surface area contributed by atoms with E-state index < -0.39 is 0 Å². The van der Waals surface area contributed by atoms with Crippen molar-refractivity contribution in [2.24, 2.45) is 0 Å². The number of halogens is 1. The van der Waals surface area contributed by atoms with Crippen molar-refractivity contribution in [1.82, 2.24) is 24.4 Å². The van der Waals surface area contributed by atoms with Crippen LogP contribution in [0.25, 0.3) is 4.96 Å². The van der Waals surface area contributed by atoms with Gasteiger partial charge in [0.15, 0.2) is 0 Å². The molecular weight excluding hydrogens is 401 g/mol. The van der Waals surface area contributed by atoms with Gasteiger partial charge < -0.3 is 5.11 Å². The Kier molecular flexibility index (Phi) is 5.20. The summed E-state index contributed by atoms with van der Waals surface area (Å²) in [6, 6.07) is 16.8. The number of thiazole rings is 1. The standard InChI is InChI=1S/C22H22FN5OS/c23-18-8-4-7-17(13-18)19(20-21(29)28-22(30-20)24-15-25-28)27-11-9-26(10-12-27)14-16-5-2-1-3-6-16/h1-8,13,15,19,29H,9-12,14H2/t19-/m1/s1.